The Hall–Kier alpha value is -2.48. The summed E-state index contributed by atoms with van der Waals surface area (Å²) in [5.74, 6) is 2.38. The summed E-state index contributed by atoms with van der Waals surface area (Å²) in [6.07, 6.45) is -0.672. The van der Waals surface area contributed by atoms with E-state index in [0.717, 1.165) is 43.4 Å². The van der Waals surface area contributed by atoms with E-state index in [1.165, 1.54) is 5.69 Å². The number of benzene rings is 2. The van der Waals surface area contributed by atoms with Crippen LogP contribution in [-0.4, -0.2) is 81.9 Å². The number of hydrogen-bond acceptors (Lipinski definition) is 7. The van der Waals surface area contributed by atoms with E-state index in [2.05, 4.69) is 21.9 Å². The molecule has 0 spiro atoms. The number of para-hydroxylation sites is 2. The Labute approximate surface area is 177 Å². The van der Waals surface area contributed by atoms with E-state index in [1.807, 2.05) is 36.4 Å². The highest BCUT2D eigenvalue weighted by molar-refractivity contribution is 5.49. The normalized spacial score (nSPS) is 20.1. The van der Waals surface area contributed by atoms with Crippen LogP contribution in [0.5, 0.6) is 17.2 Å². The Bertz CT molecular complexity index is 792. The molecule has 2 aliphatic rings. The second kappa shape index (κ2) is 10.0. The lowest BCUT2D eigenvalue weighted by Gasteiger charge is -2.37. The van der Waals surface area contributed by atoms with Gasteiger partial charge >= 0.3 is 0 Å². The standard InChI is InChI=1S/C23H30N2O5/c1-27-20-8-6-18(7-9-20)25-12-10-24(11-13-25)14-19(26)15-28-16-21-17-29-22-4-2-3-5-23(22)30-21/h2-9,19,21,26H,10-17H2,1H3. The van der Waals surface area contributed by atoms with Gasteiger partial charge in [0.15, 0.2) is 17.6 Å². The summed E-state index contributed by atoms with van der Waals surface area (Å²) in [6.45, 7) is 5.47. The molecule has 2 aromatic rings. The molecule has 2 aromatic carbocycles. The number of piperazine rings is 1. The van der Waals surface area contributed by atoms with Crippen LogP contribution in [0.4, 0.5) is 5.69 Å². The van der Waals surface area contributed by atoms with Crippen LogP contribution in [0.3, 0.4) is 0 Å². The highest BCUT2D eigenvalue weighted by atomic mass is 16.6. The van der Waals surface area contributed by atoms with E-state index in [1.54, 1.807) is 7.11 Å². The van der Waals surface area contributed by atoms with Crippen LogP contribution in [0.1, 0.15) is 0 Å². The van der Waals surface area contributed by atoms with Crippen LogP contribution in [0.2, 0.25) is 0 Å². The summed E-state index contributed by atoms with van der Waals surface area (Å²) in [4.78, 5) is 4.64. The fourth-order valence-corrected chi connectivity index (χ4v) is 3.81. The van der Waals surface area contributed by atoms with Crippen LogP contribution in [0, 0.1) is 0 Å². The Morgan fingerprint density at radius 2 is 1.77 bits per heavy atom. The lowest BCUT2D eigenvalue weighted by molar-refractivity contribution is -0.0292. The number of nitrogens with zero attached hydrogens (tertiary/aromatic N) is 2. The Balaban J connectivity index is 1.14. The van der Waals surface area contributed by atoms with Crippen LogP contribution >= 0.6 is 0 Å². The molecule has 162 valence electrons. The molecule has 0 aliphatic carbocycles. The van der Waals surface area contributed by atoms with Crippen molar-refractivity contribution in [3.05, 3.63) is 48.5 Å². The molecule has 0 aromatic heterocycles. The summed E-state index contributed by atoms with van der Waals surface area (Å²) in [6, 6.07) is 15.8. The fraction of sp³-hybridized carbons (Fsp3) is 0.478. The van der Waals surface area contributed by atoms with E-state index in [0.29, 0.717) is 26.4 Å². The average molecular weight is 415 g/mol. The minimum Gasteiger partial charge on any atom is -0.497 e. The lowest BCUT2D eigenvalue weighted by Crippen LogP contribution is -2.49. The van der Waals surface area contributed by atoms with Crippen molar-refractivity contribution < 1.29 is 24.1 Å². The first kappa shape index (κ1) is 20.8. The molecule has 1 saturated heterocycles. The molecule has 2 unspecified atom stereocenters. The predicted octanol–water partition coefficient (Wildman–Crippen LogP) is 2.03. The van der Waals surface area contributed by atoms with Crippen molar-refractivity contribution in [1.29, 1.82) is 0 Å². The quantitative estimate of drug-likeness (QED) is 0.709. The van der Waals surface area contributed by atoms with Crippen molar-refractivity contribution in [2.24, 2.45) is 0 Å². The molecular weight excluding hydrogens is 384 g/mol. The first-order valence-electron chi connectivity index (χ1n) is 10.5. The summed E-state index contributed by atoms with van der Waals surface area (Å²) >= 11 is 0. The highest BCUT2D eigenvalue weighted by Gasteiger charge is 2.22. The second-order valence-electron chi connectivity index (χ2n) is 7.67. The maximum absolute atomic E-state index is 10.4. The first-order valence-corrected chi connectivity index (χ1v) is 10.5. The summed E-state index contributed by atoms with van der Waals surface area (Å²) < 4.78 is 22.5. The van der Waals surface area contributed by atoms with E-state index in [-0.39, 0.29) is 6.10 Å². The van der Waals surface area contributed by atoms with Gasteiger partial charge in [-0.15, -0.1) is 0 Å². The topological polar surface area (TPSA) is 63.6 Å². The molecule has 2 heterocycles. The van der Waals surface area contributed by atoms with Gasteiger partial charge in [0.05, 0.1) is 26.4 Å². The molecule has 0 radical (unpaired) electrons. The van der Waals surface area contributed by atoms with Gasteiger partial charge in [0.1, 0.15) is 12.4 Å². The lowest BCUT2D eigenvalue weighted by atomic mass is 10.2. The first-order chi connectivity index (χ1) is 14.7. The molecule has 0 saturated carbocycles. The van der Waals surface area contributed by atoms with Gasteiger partial charge in [-0.2, -0.15) is 0 Å². The molecule has 1 fully saturated rings. The zero-order valence-corrected chi connectivity index (χ0v) is 17.4. The molecular formula is C23H30N2O5. The van der Waals surface area contributed by atoms with Gasteiger partial charge < -0.3 is 29.0 Å². The summed E-state index contributed by atoms with van der Waals surface area (Å²) in [7, 11) is 1.68. The Kier molecular flexibility index (Phi) is 6.94. The molecule has 1 N–H and O–H groups in total. The van der Waals surface area contributed by atoms with Crippen LogP contribution < -0.4 is 19.1 Å². The number of anilines is 1. The molecule has 7 nitrogen and oxygen atoms in total. The van der Waals surface area contributed by atoms with Crippen LogP contribution in [-0.2, 0) is 4.74 Å². The van der Waals surface area contributed by atoms with Gasteiger partial charge in [-0.25, -0.2) is 0 Å². The van der Waals surface area contributed by atoms with Gasteiger partial charge in [0.25, 0.3) is 0 Å². The van der Waals surface area contributed by atoms with Crippen molar-refractivity contribution >= 4 is 5.69 Å². The van der Waals surface area contributed by atoms with Crippen LogP contribution in [0.15, 0.2) is 48.5 Å². The smallest absolute Gasteiger partial charge is 0.161 e. The molecule has 7 heteroatoms. The highest BCUT2D eigenvalue weighted by Crippen LogP contribution is 2.30. The zero-order valence-electron chi connectivity index (χ0n) is 17.4. The number of aliphatic hydroxyl groups excluding tert-OH is 1. The van der Waals surface area contributed by atoms with Crippen molar-refractivity contribution in [3.63, 3.8) is 0 Å². The minimum atomic E-state index is -0.519. The van der Waals surface area contributed by atoms with Crippen molar-refractivity contribution in [3.8, 4) is 17.2 Å². The van der Waals surface area contributed by atoms with Gasteiger partial charge in [-0.05, 0) is 36.4 Å². The van der Waals surface area contributed by atoms with Crippen LogP contribution in [0.25, 0.3) is 0 Å². The van der Waals surface area contributed by atoms with E-state index in [9.17, 15) is 5.11 Å². The number of fused-ring (bicyclic) bond motifs is 1. The molecule has 2 atom stereocenters. The third-order valence-electron chi connectivity index (χ3n) is 5.46. The third-order valence-corrected chi connectivity index (χ3v) is 5.46. The number of aliphatic hydroxyl groups is 1. The van der Waals surface area contributed by atoms with Gasteiger partial charge in [0, 0.05) is 38.4 Å². The zero-order chi connectivity index (χ0) is 20.8. The van der Waals surface area contributed by atoms with Gasteiger partial charge in [-0.1, -0.05) is 12.1 Å². The van der Waals surface area contributed by atoms with E-state index < -0.39 is 6.10 Å². The molecule has 30 heavy (non-hydrogen) atoms. The monoisotopic (exact) mass is 414 g/mol. The molecule has 0 bridgehead atoms. The number of hydrogen-bond donors (Lipinski definition) is 1. The number of β-amino-alcohol motifs (C(OH)–C–C–N with tert-alkyl or cyclic N) is 1. The molecule has 2 aliphatic heterocycles. The molecule has 4 rings (SSSR count). The largest absolute Gasteiger partial charge is 0.497 e. The number of ether oxygens (including phenoxy) is 4. The van der Waals surface area contributed by atoms with E-state index >= 15 is 0 Å². The second-order valence-corrected chi connectivity index (χ2v) is 7.67. The van der Waals surface area contributed by atoms with E-state index in [4.69, 9.17) is 18.9 Å². The summed E-state index contributed by atoms with van der Waals surface area (Å²) in [5, 5.41) is 10.4. The van der Waals surface area contributed by atoms with Crippen molar-refractivity contribution in [2.75, 3.05) is 64.6 Å². The Morgan fingerprint density at radius 1 is 1.03 bits per heavy atom. The minimum absolute atomic E-state index is 0.153. The van der Waals surface area contributed by atoms with Crippen molar-refractivity contribution in [1.82, 2.24) is 4.90 Å². The summed E-state index contributed by atoms with van der Waals surface area (Å²) in [5.41, 5.74) is 1.20. The average Bonchev–Trinajstić information content (AvgIpc) is 2.79. The molecule has 0 amide bonds. The SMILES string of the molecule is COc1ccc(N2CCN(CC(O)COCC3COc4ccccc4O3)CC2)cc1. The fourth-order valence-electron chi connectivity index (χ4n) is 3.81. The Morgan fingerprint density at radius 3 is 2.50 bits per heavy atom. The third kappa shape index (κ3) is 5.36. The van der Waals surface area contributed by atoms with Crippen molar-refractivity contribution in [2.45, 2.75) is 12.2 Å². The van der Waals surface area contributed by atoms with Gasteiger partial charge in [0.2, 0.25) is 0 Å². The maximum Gasteiger partial charge on any atom is 0.161 e. The number of methoxy groups -OCH3 is 1. The van der Waals surface area contributed by atoms with Gasteiger partial charge in [-0.3, -0.25) is 4.90 Å². The number of rotatable bonds is 8. The predicted molar refractivity (Wildman–Crippen MR) is 115 cm³/mol. The maximum atomic E-state index is 10.4.